The summed E-state index contributed by atoms with van der Waals surface area (Å²) in [5.41, 5.74) is -0.727. The monoisotopic (exact) mass is 596 g/mol. The second-order valence-corrected chi connectivity index (χ2v) is 10.8. The third-order valence-corrected chi connectivity index (χ3v) is 5.82. The molecule has 0 spiro atoms. The van der Waals surface area contributed by atoms with Crippen LogP contribution in [-0.4, -0.2) is 96.2 Å². The highest BCUT2D eigenvalue weighted by molar-refractivity contribution is 5.95. The Morgan fingerprint density at radius 2 is 1.29 bits per heavy atom. The summed E-state index contributed by atoms with van der Waals surface area (Å²) in [6, 6.07) is 0. The van der Waals surface area contributed by atoms with E-state index in [-0.39, 0.29) is 40.9 Å². The van der Waals surface area contributed by atoms with E-state index in [0.29, 0.717) is 38.7 Å². The van der Waals surface area contributed by atoms with Crippen LogP contribution < -0.4 is 0 Å². The summed E-state index contributed by atoms with van der Waals surface area (Å²) < 4.78 is 38.2. The van der Waals surface area contributed by atoms with Gasteiger partial charge in [-0.1, -0.05) is 0 Å². The first-order valence-electron chi connectivity index (χ1n) is 13.5. The van der Waals surface area contributed by atoms with Gasteiger partial charge < -0.3 is 37.9 Å². The van der Waals surface area contributed by atoms with Gasteiger partial charge in [-0.3, -0.25) is 19.2 Å². The highest BCUT2D eigenvalue weighted by Gasteiger charge is 2.30. The molecule has 0 aromatic rings. The van der Waals surface area contributed by atoms with Crippen molar-refractivity contribution in [3.8, 4) is 0 Å². The fourth-order valence-corrected chi connectivity index (χ4v) is 2.71. The molecule has 0 unspecified atom stereocenters. The van der Waals surface area contributed by atoms with E-state index in [1.165, 1.54) is 28.4 Å². The van der Waals surface area contributed by atoms with Crippen LogP contribution in [-0.2, 0) is 57.1 Å². The predicted molar refractivity (Wildman–Crippen MR) is 153 cm³/mol. The molecule has 0 aliphatic carbocycles. The zero-order valence-corrected chi connectivity index (χ0v) is 27.6. The van der Waals surface area contributed by atoms with E-state index in [4.69, 9.17) is 14.2 Å². The number of methoxy groups -OCH3 is 6. The van der Waals surface area contributed by atoms with Crippen molar-refractivity contribution in [3.05, 3.63) is 0 Å². The molecule has 0 saturated carbocycles. The quantitative estimate of drug-likeness (QED) is 0.121. The van der Waals surface area contributed by atoms with Crippen molar-refractivity contribution in [2.24, 2.45) is 0 Å². The third kappa shape index (κ3) is 27.8. The number of ketones is 1. The average Bonchev–Trinajstić information content (AvgIpc) is 3.24. The van der Waals surface area contributed by atoms with Crippen molar-refractivity contribution in [2.75, 3.05) is 49.3 Å². The van der Waals surface area contributed by atoms with Crippen molar-refractivity contribution in [2.45, 2.75) is 117 Å². The Labute approximate surface area is 247 Å². The number of esters is 3. The van der Waals surface area contributed by atoms with Gasteiger partial charge in [0.1, 0.15) is 17.8 Å². The van der Waals surface area contributed by atoms with Crippen molar-refractivity contribution in [1.29, 1.82) is 0 Å². The summed E-state index contributed by atoms with van der Waals surface area (Å²) in [6.07, 6.45) is 3.39. The zero-order valence-electron chi connectivity index (χ0n) is 27.6. The van der Waals surface area contributed by atoms with Crippen LogP contribution in [0.2, 0.25) is 0 Å². The van der Waals surface area contributed by atoms with Crippen molar-refractivity contribution >= 4 is 23.7 Å². The van der Waals surface area contributed by atoms with E-state index in [1.807, 2.05) is 41.5 Å². The minimum Gasteiger partial charge on any atom is -0.469 e. The molecule has 244 valence electrons. The molecule has 41 heavy (non-hydrogen) atoms. The van der Waals surface area contributed by atoms with Crippen LogP contribution in [0.25, 0.3) is 0 Å². The highest BCUT2D eigenvalue weighted by Crippen LogP contribution is 2.24. The molecule has 0 amide bonds. The van der Waals surface area contributed by atoms with Crippen LogP contribution in [0.1, 0.15) is 93.4 Å². The summed E-state index contributed by atoms with van der Waals surface area (Å²) in [5, 5.41) is 0. The van der Waals surface area contributed by atoms with Gasteiger partial charge in [0.25, 0.3) is 6.48 Å². The molecule has 0 radical (unpaired) electrons. The van der Waals surface area contributed by atoms with Gasteiger partial charge in [-0.2, -0.15) is 0 Å². The largest absolute Gasteiger partial charge is 0.469 e. The van der Waals surface area contributed by atoms with E-state index in [9.17, 15) is 19.2 Å². The maximum atomic E-state index is 11.3. The smallest absolute Gasteiger partial charge is 0.313 e. The summed E-state index contributed by atoms with van der Waals surface area (Å²) >= 11 is 0. The molecule has 1 fully saturated rings. The molecular weight excluding hydrogens is 540 g/mol. The lowest BCUT2D eigenvalue weighted by atomic mass is 10.00. The Hall–Kier alpha value is -2.12. The summed E-state index contributed by atoms with van der Waals surface area (Å²) in [4.78, 5) is 43.4. The number of hydrogen-bond acceptors (Lipinski definition) is 12. The van der Waals surface area contributed by atoms with Gasteiger partial charge in [0.15, 0.2) is 0 Å². The van der Waals surface area contributed by atoms with E-state index < -0.39 is 12.4 Å². The van der Waals surface area contributed by atoms with Crippen molar-refractivity contribution in [1.82, 2.24) is 0 Å². The van der Waals surface area contributed by atoms with Crippen LogP contribution in [0.4, 0.5) is 0 Å². The number of Topliss-reactive ketones (excluding diaryl/α,β-unsaturated/α-hetero) is 1. The summed E-state index contributed by atoms with van der Waals surface area (Å²) in [7, 11) is 9.17. The topological polar surface area (TPSA) is 142 Å². The van der Waals surface area contributed by atoms with Crippen LogP contribution in [0, 0.1) is 0 Å². The second kappa shape index (κ2) is 23.4. The van der Waals surface area contributed by atoms with Crippen molar-refractivity contribution in [3.63, 3.8) is 0 Å². The number of ether oxygens (including phenoxy) is 8. The van der Waals surface area contributed by atoms with Gasteiger partial charge in [0, 0.05) is 54.8 Å². The van der Waals surface area contributed by atoms with Gasteiger partial charge >= 0.3 is 17.9 Å². The first-order chi connectivity index (χ1) is 18.9. The molecule has 1 saturated heterocycles. The molecule has 0 aromatic heterocycles. The first kappa shape index (κ1) is 43.3. The second-order valence-electron chi connectivity index (χ2n) is 10.8. The Morgan fingerprint density at radius 3 is 1.56 bits per heavy atom. The normalized spacial score (nSPS) is 13.9. The molecule has 0 bridgehead atoms. The Morgan fingerprint density at radius 1 is 0.829 bits per heavy atom. The number of cyclic esters (lactones) is 1. The lowest BCUT2D eigenvalue weighted by molar-refractivity contribution is -0.252. The Balaban J connectivity index is -0.000000490. The molecule has 12 nitrogen and oxygen atoms in total. The van der Waals surface area contributed by atoms with Crippen molar-refractivity contribution < 1.29 is 57.1 Å². The predicted octanol–water partition coefficient (Wildman–Crippen LogP) is 4.39. The van der Waals surface area contributed by atoms with Gasteiger partial charge in [-0.15, -0.1) is 0 Å². The third-order valence-electron chi connectivity index (χ3n) is 5.82. The zero-order chi connectivity index (χ0) is 32.7. The van der Waals surface area contributed by atoms with Crippen LogP contribution >= 0.6 is 0 Å². The number of carbonyl (C=O) groups excluding carboxylic acids is 4. The first-order valence-corrected chi connectivity index (χ1v) is 13.5. The van der Waals surface area contributed by atoms with Gasteiger partial charge in [0.05, 0.1) is 24.9 Å². The molecule has 1 heterocycles. The van der Waals surface area contributed by atoms with Gasteiger partial charge in [-0.05, 0) is 67.7 Å². The fourth-order valence-electron chi connectivity index (χ4n) is 2.71. The van der Waals surface area contributed by atoms with Crippen LogP contribution in [0.15, 0.2) is 0 Å². The van der Waals surface area contributed by atoms with E-state index in [1.54, 1.807) is 21.1 Å². The average molecular weight is 597 g/mol. The SMILES string of the molecule is CC1(C)CCC(=O)O1.CCOC(=O)CC(=O)CCC(C)(C)OC.COC(=O)CCC(C)(C)OC.COC(OC)OC. The Bertz CT molecular complexity index is 722. The number of rotatable bonds is 14. The maximum Gasteiger partial charge on any atom is 0.313 e. The van der Waals surface area contributed by atoms with E-state index in [0.717, 1.165) is 6.42 Å². The lowest BCUT2D eigenvalue weighted by Crippen LogP contribution is -2.24. The molecular formula is C29H56O12. The molecule has 1 aliphatic rings. The van der Waals surface area contributed by atoms with E-state index >= 15 is 0 Å². The standard InChI is InChI=1S/C11H20O4.C8H16O3.C6H10O2.C4H10O3/c1-5-15-10(13)8-9(12)6-7-11(2,3)14-4;1-8(2,11-4)6-5-7(9)10-3;1-6(2)4-3-5(7)8-6;1-5-4(6-2)7-3/h5-8H2,1-4H3;5-6H2,1-4H3;3-4H2,1-2H3;4H,1-3H3. The molecule has 0 atom stereocenters. The van der Waals surface area contributed by atoms with Gasteiger partial charge in [0.2, 0.25) is 0 Å². The molecule has 1 aliphatic heterocycles. The molecule has 0 N–H and O–H groups in total. The minimum atomic E-state index is -0.514. The minimum absolute atomic E-state index is 0.0602. The Kier molecular flexibility index (Phi) is 24.8. The number of carbonyl (C=O) groups is 4. The lowest BCUT2D eigenvalue weighted by Gasteiger charge is -2.21. The van der Waals surface area contributed by atoms with Gasteiger partial charge in [-0.25, -0.2) is 0 Å². The van der Waals surface area contributed by atoms with Crippen LogP contribution in [0.3, 0.4) is 0 Å². The molecule has 0 aromatic carbocycles. The molecule has 1 rings (SSSR count). The molecule has 12 heteroatoms. The number of hydrogen-bond donors (Lipinski definition) is 0. The highest BCUT2D eigenvalue weighted by atomic mass is 16.8. The van der Waals surface area contributed by atoms with E-state index in [2.05, 4.69) is 23.7 Å². The fraction of sp³-hybridized carbons (Fsp3) is 0.862. The van der Waals surface area contributed by atoms with Crippen LogP contribution in [0.5, 0.6) is 0 Å². The summed E-state index contributed by atoms with van der Waals surface area (Å²) in [5.74, 6) is -0.790. The maximum absolute atomic E-state index is 11.3. The summed E-state index contributed by atoms with van der Waals surface area (Å²) in [6.45, 7) is 13.1.